The van der Waals surface area contributed by atoms with Gasteiger partial charge in [0, 0.05) is 62.7 Å². The van der Waals surface area contributed by atoms with Gasteiger partial charge in [0.15, 0.2) is 0 Å². The second-order valence-corrected chi connectivity index (χ2v) is 10.3. The van der Waals surface area contributed by atoms with Gasteiger partial charge in [-0.1, -0.05) is 36.4 Å². The number of hydrogen-bond donors (Lipinski definition) is 2. The zero-order valence-electron chi connectivity index (χ0n) is 19.1. The Balaban J connectivity index is 1.42. The SMILES string of the molecule is O=C1CCN(S(=O)(=O)c2ccccc2)CCCN(C(=O)CCc2c[nH]c3ccccc23)CCN1. The molecule has 180 valence electrons. The van der Waals surface area contributed by atoms with Crippen molar-refractivity contribution in [2.24, 2.45) is 0 Å². The lowest BCUT2D eigenvalue weighted by Crippen LogP contribution is -2.39. The second-order valence-electron chi connectivity index (χ2n) is 8.41. The molecular formula is C25H30N4O4S. The summed E-state index contributed by atoms with van der Waals surface area (Å²) in [5.41, 5.74) is 2.14. The number of rotatable bonds is 5. The summed E-state index contributed by atoms with van der Waals surface area (Å²) in [7, 11) is -3.72. The number of aromatic amines is 1. The topological polar surface area (TPSA) is 103 Å². The molecule has 4 rings (SSSR count). The van der Waals surface area contributed by atoms with Gasteiger partial charge in [-0.2, -0.15) is 4.31 Å². The number of para-hydroxylation sites is 1. The Hall–Kier alpha value is -3.17. The summed E-state index contributed by atoms with van der Waals surface area (Å²) in [6.45, 7) is 1.55. The number of fused-ring (bicyclic) bond motifs is 1. The fourth-order valence-electron chi connectivity index (χ4n) is 4.28. The molecule has 2 amide bonds. The number of H-pyrrole nitrogens is 1. The molecule has 0 saturated carbocycles. The fraction of sp³-hybridized carbons (Fsp3) is 0.360. The van der Waals surface area contributed by atoms with Crippen LogP contribution in [0.3, 0.4) is 0 Å². The van der Waals surface area contributed by atoms with Crippen LogP contribution in [0.2, 0.25) is 0 Å². The zero-order chi connectivity index (χ0) is 24.0. The largest absolute Gasteiger partial charge is 0.361 e. The number of hydrogen-bond acceptors (Lipinski definition) is 4. The molecule has 8 nitrogen and oxygen atoms in total. The van der Waals surface area contributed by atoms with Crippen molar-refractivity contribution in [3.8, 4) is 0 Å². The molecule has 1 aliphatic heterocycles. The third kappa shape index (κ3) is 5.66. The molecule has 0 radical (unpaired) electrons. The predicted octanol–water partition coefficient (Wildman–Crippen LogP) is 2.53. The quantitative estimate of drug-likeness (QED) is 0.583. The molecule has 0 unspecified atom stereocenters. The van der Waals surface area contributed by atoms with Gasteiger partial charge in [0.05, 0.1) is 4.90 Å². The molecule has 1 fully saturated rings. The van der Waals surface area contributed by atoms with E-state index in [2.05, 4.69) is 10.3 Å². The van der Waals surface area contributed by atoms with Crippen LogP contribution < -0.4 is 5.32 Å². The van der Waals surface area contributed by atoms with Gasteiger partial charge in [0.25, 0.3) is 0 Å². The predicted molar refractivity (Wildman–Crippen MR) is 131 cm³/mol. The smallest absolute Gasteiger partial charge is 0.243 e. The second kappa shape index (κ2) is 10.8. The van der Waals surface area contributed by atoms with E-state index in [1.807, 2.05) is 30.5 Å². The molecule has 0 atom stereocenters. The number of aryl methyl sites for hydroxylation is 1. The number of benzene rings is 2. The Morgan fingerprint density at radius 2 is 1.71 bits per heavy atom. The molecule has 0 spiro atoms. The summed E-state index contributed by atoms with van der Waals surface area (Å²) in [6.07, 6.45) is 3.49. The summed E-state index contributed by atoms with van der Waals surface area (Å²) in [5.74, 6) is -0.224. The van der Waals surface area contributed by atoms with Gasteiger partial charge in [-0.15, -0.1) is 0 Å². The van der Waals surface area contributed by atoms with Crippen LogP contribution >= 0.6 is 0 Å². The van der Waals surface area contributed by atoms with E-state index < -0.39 is 10.0 Å². The van der Waals surface area contributed by atoms with Crippen LogP contribution in [-0.4, -0.2) is 67.1 Å². The first-order chi connectivity index (χ1) is 16.4. The van der Waals surface area contributed by atoms with Crippen LogP contribution in [0, 0.1) is 0 Å². The Morgan fingerprint density at radius 1 is 0.941 bits per heavy atom. The number of sulfonamides is 1. The van der Waals surface area contributed by atoms with Crippen LogP contribution in [0.25, 0.3) is 10.9 Å². The summed E-state index contributed by atoms with van der Waals surface area (Å²) < 4.78 is 27.6. The highest BCUT2D eigenvalue weighted by atomic mass is 32.2. The third-order valence-electron chi connectivity index (χ3n) is 6.14. The maximum Gasteiger partial charge on any atom is 0.243 e. The summed E-state index contributed by atoms with van der Waals surface area (Å²) in [6, 6.07) is 16.2. The number of nitrogens with zero attached hydrogens (tertiary/aromatic N) is 2. The molecule has 9 heteroatoms. The molecule has 3 aromatic rings. The van der Waals surface area contributed by atoms with Crippen molar-refractivity contribution in [3.05, 3.63) is 66.4 Å². The fourth-order valence-corrected chi connectivity index (χ4v) is 5.78. The van der Waals surface area contributed by atoms with E-state index >= 15 is 0 Å². The van der Waals surface area contributed by atoms with Crippen LogP contribution in [0.4, 0.5) is 0 Å². The lowest BCUT2D eigenvalue weighted by Gasteiger charge is -2.25. The summed E-state index contributed by atoms with van der Waals surface area (Å²) in [4.78, 5) is 30.5. The Bertz CT molecular complexity index is 1240. The van der Waals surface area contributed by atoms with Gasteiger partial charge in [-0.05, 0) is 36.6 Å². The van der Waals surface area contributed by atoms with Gasteiger partial charge in [0.1, 0.15) is 0 Å². The molecule has 1 saturated heterocycles. The lowest BCUT2D eigenvalue weighted by molar-refractivity contribution is -0.131. The average molecular weight is 483 g/mol. The molecule has 0 bridgehead atoms. The minimum atomic E-state index is -3.72. The summed E-state index contributed by atoms with van der Waals surface area (Å²) >= 11 is 0. The van der Waals surface area contributed by atoms with Crippen molar-refractivity contribution in [1.82, 2.24) is 19.5 Å². The first-order valence-electron chi connectivity index (χ1n) is 11.6. The molecule has 0 aliphatic carbocycles. The molecule has 2 aromatic carbocycles. The summed E-state index contributed by atoms with van der Waals surface area (Å²) in [5, 5.41) is 3.92. The van der Waals surface area contributed by atoms with E-state index in [1.165, 1.54) is 4.31 Å². The van der Waals surface area contributed by atoms with Gasteiger partial charge < -0.3 is 15.2 Å². The van der Waals surface area contributed by atoms with E-state index in [0.717, 1.165) is 16.5 Å². The highest BCUT2D eigenvalue weighted by Gasteiger charge is 2.26. The molecule has 1 aromatic heterocycles. The zero-order valence-corrected chi connectivity index (χ0v) is 19.9. The van der Waals surface area contributed by atoms with E-state index in [-0.39, 0.29) is 36.2 Å². The van der Waals surface area contributed by atoms with E-state index in [9.17, 15) is 18.0 Å². The van der Waals surface area contributed by atoms with Gasteiger partial charge >= 0.3 is 0 Å². The van der Waals surface area contributed by atoms with Crippen LogP contribution in [-0.2, 0) is 26.0 Å². The van der Waals surface area contributed by atoms with E-state index in [1.54, 1.807) is 35.2 Å². The van der Waals surface area contributed by atoms with Crippen LogP contribution in [0.1, 0.15) is 24.8 Å². The third-order valence-corrected chi connectivity index (χ3v) is 8.06. The number of nitrogens with one attached hydrogen (secondary N) is 2. The molecule has 34 heavy (non-hydrogen) atoms. The molecule has 1 aliphatic rings. The van der Waals surface area contributed by atoms with Crippen molar-refractivity contribution in [1.29, 1.82) is 0 Å². The minimum Gasteiger partial charge on any atom is -0.361 e. The monoisotopic (exact) mass is 482 g/mol. The van der Waals surface area contributed by atoms with Crippen molar-refractivity contribution in [2.45, 2.75) is 30.6 Å². The average Bonchev–Trinajstić information content (AvgIpc) is 3.25. The number of aromatic nitrogens is 1. The minimum absolute atomic E-state index is 0.00348. The van der Waals surface area contributed by atoms with E-state index in [0.29, 0.717) is 38.9 Å². The molecular weight excluding hydrogens is 452 g/mol. The van der Waals surface area contributed by atoms with Crippen LogP contribution in [0.5, 0.6) is 0 Å². The Morgan fingerprint density at radius 3 is 2.53 bits per heavy atom. The molecule has 2 N–H and O–H groups in total. The van der Waals surface area contributed by atoms with Crippen molar-refractivity contribution < 1.29 is 18.0 Å². The first-order valence-corrected chi connectivity index (χ1v) is 13.0. The lowest BCUT2D eigenvalue weighted by atomic mass is 10.1. The number of amides is 2. The number of carbonyl (C=O) groups is 2. The van der Waals surface area contributed by atoms with Gasteiger partial charge in [-0.3, -0.25) is 9.59 Å². The van der Waals surface area contributed by atoms with Crippen molar-refractivity contribution >= 4 is 32.7 Å². The highest BCUT2D eigenvalue weighted by molar-refractivity contribution is 7.89. The van der Waals surface area contributed by atoms with Gasteiger partial charge in [-0.25, -0.2) is 8.42 Å². The maximum absolute atomic E-state index is 13.1. The Kier molecular flexibility index (Phi) is 7.64. The van der Waals surface area contributed by atoms with Crippen molar-refractivity contribution in [2.75, 3.05) is 32.7 Å². The van der Waals surface area contributed by atoms with Crippen molar-refractivity contribution in [3.63, 3.8) is 0 Å². The highest BCUT2D eigenvalue weighted by Crippen LogP contribution is 2.20. The van der Waals surface area contributed by atoms with E-state index in [4.69, 9.17) is 0 Å². The van der Waals surface area contributed by atoms with Gasteiger partial charge in [0.2, 0.25) is 21.8 Å². The standard InChI is InChI=1S/C25H30N4O4S/c30-24-13-17-29(34(32,33)21-7-2-1-3-8-21)16-6-15-28(18-14-26-24)25(31)12-11-20-19-27-23-10-5-4-9-22(20)23/h1-5,7-10,19,27H,6,11-18H2,(H,26,30). The number of carbonyl (C=O) groups excluding carboxylic acids is 2. The first kappa shape index (κ1) is 24.0. The van der Waals surface area contributed by atoms with Crippen LogP contribution in [0.15, 0.2) is 65.7 Å². The molecule has 2 heterocycles. The maximum atomic E-state index is 13.1. The normalized spacial score (nSPS) is 16.7. The Labute approximate surface area is 200 Å².